The first-order valence-corrected chi connectivity index (χ1v) is 8.30. The molecule has 26 heavy (non-hydrogen) atoms. The minimum absolute atomic E-state index is 0.163. The van der Waals surface area contributed by atoms with Crippen molar-refractivity contribution in [1.29, 1.82) is 0 Å². The average molecular weight is 389 g/mol. The van der Waals surface area contributed by atoms with Crippen LogP contribution < -0.4 is 15.4 Å². The normalized spacial score (nSPS) is 10.3. The van der Waals surface area contributed by atoms with Gasteiger partial charge in [0.2, 0.25) is 0 Å². The van der Waals surface area contributed by atoms with E-state index in [1.807, 2.05) is 24.3 Å². The van der Waals surface area contributed by atoms with Crippen LogP contribution >= 0.6 is 23.2 Å². The van der Waals surface area contributed by atoms with E-state index in [-0.39, 0.29) is 5.69 Å². The van der Waals surface area contributed by atoms with Gasteiger partial charge in [0, 0.05) is 10.7 Å². The van der Waals surface area contributed by atoms with Crippen molar-refractivity contribution in [3.05, 3.63) is 70.6 Å². The van der Waals surface area contributed by atoms with E-state index < -0.39 is 5.91 Å². The maximum absolute atomic E-state index is 12.3. The summed E-state index contributed by atoms with van der Waals surface area (Å²) in [5.41, 5.74) is 1.44. The predicted octanol–water partition coefficient (Wildman–Crippen LogP) is 4.79. The molecule has 3 rings (SSSR count). The summed E-state index contributed by atoms with van der Waals surface area (Å²) in [6, 6.07) is 12.2. The van der Waals surface area contributed by atoms with Gasteiger partial charge < -0.3 is 15.4 Å². The molecule has 0 fully saturated rings. The van der Waals surface area contributed by atoms with Crippen molar-refractivity contribution in [3.8, 4) is 5.75 Å². The van der Waals surface area contributed by atoms with E-state index in [2.05, 4.69) is 20.6 Å². The van der Waals surface area contributed by atoms with Gasteiger partial charge in [0.25, 0.3) is 5.91 Å². The molecule has 1 heterocycles. The van der Waals surface area contributed by atoms with Gasteiger partial charge in [-0.2, -0.15) is 0 Å². The first-order valence-electron chi connectivity index (χ1n) is 7.54. The summed E-state index contributed by atoms with van der Waals surface area (Å²) in [5.74, 6) is 0.850. The van der Waals surface area contributed by atoms with Crippen LogP contribution in [-0.2, 0) is 0 Å². The monoisotopic (exact) mass is 388 g/mol. The zero-order chi connectivity index (χ0) is 18.5. The number of carbonyl (C=O) groups excluding carboxylic acids is 1. The van der Waals surface area contributed by atoms with Crippen molar-refractivity contribution in [2.45, 2.75) is 0 Å². The smallest absolute Gasteiger partial charge is 0.275 e. The van der Waals surface area contributed by atoms with Crippen molar-refractivity contribution in [2.75, 3.05) is 17.7 Å². The molecule has 0 spiro atoms. The zero-order valence-electron chi connectivity index (χ0n) is 13.7. The summed E-state index contributed by atoms with van der Waals surface area (Å²) in [7, 11) is 1.61. The highest BCUT2D eigenvalue weighted by Gasteiger charge is 2.11. The van der Waals surface area contributed by atoms with E-state index in [0.29, 0.717) is 21.6 Å². The Morgan fingerprint density at radius 2 is 1.81 bits per heavy atom. The number of benzene rings is 2. The van der Waals surface area contributed by atoms with Gasteiger partial charge in [-0.3, -0.25) is 4.79 Å². The Balaban J connectivity index is 1.67. The van der Waals surface area contributed by atoms with Crippen molar-refractivity contribution in [2.24, 2.45) is 0 Å². The summed E-state index contributed by atoms with van der Waals surface area (Å²) in [6.45, 7) is 0. The van der Waals surface area contributed by atoms with E-state index >= 15 is 0 Å². The molecule has 0 atom stereocenters. The summed E-state index contributed by atoms with van der Waals surface area (Å²) in [4.78, 5) is 20.6. The van der Waals surface area contributed by atoms with Crippen LogP contribution in [0.25, 0.3) is 0 Å². The third kappa shape index (κ3) is 4.41. The SMILES string of the molecule is COc1ccc(Nc2cnc(C(=O)Nc3ccc(Cl)cc3Cl)cn2)cc1. The number of ether oxygens (including phenoxy) is 1. The van der Waals surface area contributed by atoms with E-state index in [1.165, 1.54) is 12.4 Å². The fourth-order valence-corrected chi connectivity index (χ4v) is 2.57. The van der Waals surface area contributed by atoms with Crippen LogP contribution in [0.4, 0.5) is 17.2 Å². The molecule has 8 heteroatoms. The highest BCUT2D eigenvalue weighted by atomic mass is 35.5. The van der Waals surface area contributed by atoms with E-state index in [0.717, 1.165) is 11.4 Å². The number of hydrogen-bond donors (Lipinski definition) is 2. The second-order valence-electron chi connectivity index (χ2n) is 5.22. The second-order valence-corrected chi connectivity index (χ2v) is 6.06. The minimum Gasteiger partial charge on any atom is -0.497 e. The summed E-state index contributed by atoms with van der Waals surface area (Å²) >= 11 is 11.9. The van der Waals surface area contributed by atoms with Crippen LogP contribution in [-0.4, -0.2) is 23.0 Å². The number of nitrogens with one attached hydrogen (secondary N) is 2. The van der Waals surface area contributed by atoms with Crippen molar-refractivity contribution in [3.63, 3.8) is 0 Å². The number of aromatic nitrogens is 2. The highest BCUT2D eigenvalue weighted by molar-refractivity contribution is 6.36. The number of nitrogens with zero attached hydrogens (tertiary/aromatic N) is 2. The molecule has 0 unspecified atom stereocenters. The Morgan fingerprint density at radius 1 is 1.04 bits per heavy atom. The van der Waals surface area contributed by atoms with Gasteiger partial charge in [-0.25, -0.2) is 9.97 Å². The topological polar surface area (TPSA) is 76.1 Å². The number of carbonyl (C=O) groups is 1. The van der Waals surface area contributed by atoms with Crippen molar-refractivity contribution in [1.82, 2.24) is 9.97 Å². The van der Waals surface area contributed by atoms with E-state index in [1.54, 1.807) is 25.3 Å². The standard InChI is InChI=1S/C18H14Cl2N4O2/c1-26-13-5-3-12(4-6-13)23-17-10-21-16(9-22-17)18(25)24-15-7-2-11(19)8-14(15)20/h2-10H,1H3,(H,22,23)(H,24,25). The zero-order valence-corrected chi connectivity index (χ0v) is 15.2. The van der Waals surface area contributed by atoms with Crippen molar-refractivity contribution >= 4 is 46.3 Å². The molecule has 0 aliphatic rings. The van der Waals surface area contributed by atoms with Gasteiger partial charge >= 0.3 is 0 Å². The number of hydrogen-bond acceptors (Lipinski definition) is 5. The van der Waals surface area contributed by atoms with Gasteiger partial charge in [-0.15, -0.1) is 0 Å². The van der Waals surface area contributed by atoms with Crippen LogP contribution in [0.2, 0.25) is 10.0 Å². The Labute approximate surface area is 160 Å². The molecule has 1 amide bonds. The molecule has 3 aromatic rings. The average Bonchev–Trinajstić information content (AvgIpc) is 2.65. The lowest BCUT2D eigenvalue weighted by molar-refractivity contribution is 0.102. The minimum atomic E-state index is -0.419. The molecular weight excluding hydrogens is 375 g/mol. The Bertz CT molecular complexity index is 915. The fourth-order valence-electron chi connectivity index (χ4n) is 2.11. The quantitative estimate of drug-likeness (QED) is 0.656. The lowest BCUT2D eigenvalue weighted by Gasteiger charge is -2.08. The number of methoxy groups -OCH3 is 1. The second kappa shape index (κ2) is 8.03. The molecule has 0 bridgehead atoms. The molecule has 0 radical (unpaired) electrons. The van der Waals surface area contributed by atoms with Crippen molar-refractivity contribution < 1.29 is 9.53 Å². The third-order valence-electron chi connectivity index (χ3n) is 3.43. The molecule has 6 nitrogen and oxygen atoms in total. The Morgan fingerprint density at radius 3 is 2.42 bits per heavy atom. The molecule has 1 aromatic heterocycles. The van der Waals surface area contributed by atoms with Crippen LogP contribution in [0.3, 0.4) is 0 Å². The summed E-state index contributed by atoms with van der Waals surface area (Å²) in [5, 5.41) is 6.59. The molecule has 132 valence electrons. The first kappa shape index (κ1) is 18.0. The highest BCUT2D eigenvalue weighted by Crippen LogP contribution is 2.25. The lowest BCUT2D eigenvalue weighted by atomic mass is 10.3. The van der Waals surface area contributed by atoms with Gasteiger partial charge in [-0.05, 0) is 42.5 Å². The molecule has 2 N–H and O–H groups in total. The van der Waals surface area contributed by atoms with Crippen LogP contribution in [0.5, 0.6) is 5.75 Å². The Kier molecular flexibility index (Phi) is 5.55. The fraction of sp³-hybridized carbons (Fsp3) is 0.0556. The molecule has 0 aliphatic heterocycles. The molecule has 0 saturated carbocycles. The number of anilines is 3. The lowest BCUT2D eigenvalue weighted by Crippen LogP contribution is -2.14. The molecule has 2 aromatic carbocycles. The number of rotatable bonds is 5. The predicted molar refractivity (Wildman–Crippen MR) is 103 cm³/mol. The van der Waals surface area contributed by atoms with Crippen LogP contribution in [0.15, 0.2) is 54.9 Å². The maximum atomic E-state index is 12.3. The number of amides is 1. The summed E-state index contributed by atoms with van der Waals surface area (Å²) in [6.07, 6.45) is 2.85. The van der Waals surface area contributed by atoms with E-state index in [4.69, 9.17) is 27.9 Å². The maximum Gasteiger partial charge on any atom is 0.275 e. The third-order valence-corrected chi connectivity index (χ3v) is 3.97. The van der Waals surface area contributed by atoms with Crippen LogP contribution in [0.1, 0.15) is 10.5 Å². The van der Waals surface area contributed by atoms with Gasteiger partial charge in [0.15, 0.2) is 0 Å². The molecule has 0 saturated heterocycles. The summed E-state index contributed by atoms with van der Waals surface area (Å²) < 4.78 is 5.11. The first-order chi connectivity index (χ1) is 12.5. The largest absolute Gasteiger partial charge is 0.497 e. The van der Waals surface area contributed by atoms with Gasteiger partial charge in [-0.1, -0.05) is 23.2 Å². The Hall–Kier alpha value is -2.83. The molecular formula is C18H14Cl2N4O2. The van der Waals surface area contributed by atoms with Gasteiger partial charge in [0.1, 0.15) is 17.3 Å². The number of halogens is 2. The van der Waals surface area contributed by atoms with E-state index in [9.17, 15) is 4.79 Å². The van der Waals surface area contributed by atoms with Gasteiger partial charge in [0.05, 0.1) is 30.2 Å². The van der Waals surface area contributed by atoms with Crippen LogP contribution in [0, 0.1) is 0 Å². The molecule has 0 aliphatic carbocycles.